The standard InChI is InChI=1S/C31H38F4O/c1-3-5-7-9-23-11-13-25(14-12-23)19-20-36-31(34,35)30-28(32)21-27(22-29(30)33)26-17-15-24(16-18-26)10-8-6-4-2/h3-6,11-14,21-22,24,26H,7-10,15-20H2,1-2H3/b5-3+,6-4+. The number of hydrogen-bond acceptors (Lipinski definition) is 1. The Balaban J connectivity index is 1.55. The van der Waals surface area contributed by atoms with Crippen molar-refractivity contribution in [3.05, 3.63) is 94.6 Å². The maximum absolute atomic E-state index is 14.8. The van der Waals surface area contributed by atoms with E-state index in [0.29, 0.717) is 11.5 Å². The zero-order chi connectivity index (χ0) is 26.0. The van der Waals surface area contributed by atoms with Gasteiger partial charge in [0.05, 0.1) is 6.61 Å². The average molecular weight is 503 g/mol. The third-order valence-electron chi connectivity index (χ3n) is 7.18. The third-order valence-corrected chi connectivity index (χ3v) is 7.18. The minimum Gasteiger partial charge on any atom is -0.316 e. The molecule has 0 spiro atoms. The fourth-order valence-electron chi connectivity index (χ4n) is 5.05. The van der Waals surface area contributed by atoms with Gasteiger partial charge in [-0.15, -0.1) is 0 Å². The minimum absolute atomic E-state index is 0.00322. The molecule has 3 rings (SSSR count). The maximum atomic E-state index is 14.8. The summed E-state index contributed by atoms with van der Waals surface area (Å²) in [5, 5.41) is 0. The van der Waals surface area contributed by atoms with Gasteiger partial charge in [0.25, 0.3) is 0 Å². The highest BCUT2D eigenvalue weighted by Gasteiger charge is 2.40. The van der Waals surface area contributed by atoms with Crippen LogP contribution in [0.25, 0.3) is 0 Å². The van der Waals surface area contributed by atoms with Crippen molar-refractivity contribution in [2.75, 3.05) is 6.61 Å². The first kappa shape index (κ1) is 28.2. The van der Waals surface area contributed by atoms with Gasteiger partial charge in [-0.1, -0.05) is 48.6 Å². The van der Waals surface area contributed by atoms with Gasteiger partial charge in [-0.25, -0.2) is 8.78 Å². The summed E-state index contributed by atoms with van der Waals surface area (Å²) in [7, 11) is 0. The molecule has 0 saturated heterocycles. The Bertz CT molecular complexity index is 979. The monoisotopic (exact) mass is 502 g/mol. The van der Waals surface area contributed by atoms with Crippen molar-refractivity contribution in [3.63, 3.8) is 0 Å². The van der Waals surface area contributed by atoms with Crippen molar-refractivity contribution in [1.82, 2.24) is 0 Å². The molecule has 196 valence electrons. The lowest BCUT2D eigenvalue weighted by atomic mass is 9.77. The van der Waals surface area contributed by atoms with Gasteiger partial charge in [-0.05, 0) is 112 Å². The van der Waals surface area contributed by atoms with Crippen LogP contribution in [0.3, 0.4) is 0 Å². The molecule has 0 bridgehead atoms. The number of halogens is 4. The van der Waals surface area contributed by atoms with Crippen LogP contribution >= 0.6 is 0 Å². The van der Waals surface area contributed by atoms with Crippen LogP contribution in [0.5, 0.6) is 0 Å². The maximum Gasteiger partial charge on any atom is 0.389 e. The molecule has 0 N–H and O–H groups in total. The second-order valence-electron chi connectivity index (χ2n) is 9.76. The van der Waals surface area contributed by atoms with Crippen molar-refractivity contribution in [3.8, 4) is 0 Å². The summed E-state index contributed by atoms with van der Waals surface area (Å²) >= 11 is 0. The Morgan fingerprint density at radius 3 is 1.97 bits per heavy atom. The zero-order valence-corrected chi connectivity index (χ0v) is 21.4. The van der Waals surface area contributed by atoms with E-state index in [4.69, 9.17) is 4.74 Å². The van der Waals surface area contributed by atoms with Crippen molar-refractivity contribution in [2.24, 2.45) is 5.92 Å². The lowest BCUT2D eigenvalue weighted by molar-refractivity contribution is -0.251. The first-order valence-electron chi connectivity index (χ1n) is 13.1. The van der Waals surface area contributed by atoms with Crippen LogP contribution in [0.1, 0.15) is 87.0 Å². The topological polar surface area (TPSA) is 9.23 Å². The molecule has 0 aliphatic heterocycles. The molecular formula is C31H38F4O. The molecule has 5 heteroatoms. The van der Waals surface area contributed by atoms with Crippen molar-refractivity contribution >= 4 is 0 Å². The van der Waals surface area contributed by atoms with E-state index in [2.05, 4.69) is 12.2 Å². The molecule has 0 unspecified atom stereocenters. The Morgan fingerprint density at radius 2 is 1.39 bits per heavy atom. The van der Waals surface area contributed by atoms with Crippen molar-refractivity contribution in [2.45, 2.75) is 83.7 Å². The smallest absolute Gasteiger partial charge is 0.316 e. The lowest BCUT2D eigenvalue weighted by Crippen LogP contribution is -2.24. The highest BCUT2D eigenvalue weighted by atomic mass is 19.3. The molecule has 1 nitrogen and oxygen atoms in total. The first-order chi connectivity index (χ1) is 17.3. The molecule has 1 aliphatic rings. The fourth-order valence-corrected chi connectivity index (χ4v) is 5.05. The third kappa shape index (κ3) is 8.06. The van der Waals surface area contributed by atoms with Crippen molar-refractivity contribution < 1.29 is 22.3 Å². The molecule has 0 radical (unpaired) electrons. The molecule has 2 aromatic rings. The van der Waals surface area contributed by atoms with Crippen molar-refractivity contribution in [1.29, 1.82) is 0 Å². The number of benzene rings is 2. The molecule has 1 aliphatic carbocycles. The summed E-state index contributed by atoms with van der Waals surface area (Å²) in [4.78, 5) is 0. The van der Waals surface area contributed by atoms with Gasteiger partial charge >= 0.3 is 6.11 Å². The highest BCUT2D eigenvalue weighted by Crippen LogP contribution is 2.40. The van der Waals surface area contributed by atoms with Gasteiger partial charge in [0.15, 0.2) is 0 Å². The first-order valence-corrected chi connectivity index (χ1v) is 13.1. The predicted octanol–water partition coefficient (Wildman–Crippen LogP) is 9.41. The Hall–Kier alpha value is -2.40. The summed E-state index contributed by atoms with van der Waals surface area (Å²) in [6.07, 6.45) is 12.1. The van der Waals surface area contributed by atoms with Gasteiger partial charge in [-0.2, -0.15) is 8.78 Å². The second-order valence-corrected chi connectivity index (χ2v) is 9.76. The SMILES string of the molecule is C/C=C/CCc1ccc(CCOC(F)(F)c2c(F)cc(C3CCC(CC/C=C/C)CC3)cc2F)cc1. The second kappa shape index (κ2) is 13.8. The Kier molecular flexibility index (Phi) is 10.8. The van der Waals surface area contributed by atoms with E-state index >= 15 is 0 Å². The summed E-state index contributed by atoms with van der Waals surface area (Å²) in [5.74, 6) is -1.87. The molecule has 2 aromatic carbocycles. The molecule has 0 atom stereocenters. The van der Waals surface area contributed by atoms with Crippen LogP contribution in [0.4, 0.5) is 17.6 Å². The van der Waals surface area contributed by atoms with Crippen LogP contribution in [-0.4, -0.2) is 6.61 Å². The molecule has 1 saturated carbocycles. The molecule has 0 aromatic heterocycles. The van der Waals surface area contributed by atoms with E-state index in [1.807, 2.05) is 50.3 Å². The minimum atomic E-state index is -4.04. The highest BCUT2D eigenvalue weighted by molar-refractivity contribution is 5.31. The normalized spacial score (nSPS) is 18.9. The van der Waals surface area contributed by atoms with E-state index in [-0.39, 0.29) is 18.9 Å². The molecule has 0 heterocycles. The van der Waals surface area contributed by atoms with E-state index in [0.717, 1.165) is 74.6 Å². The largest absolute Gasteiger partial charge is 0.389 e. The Morgan fingerprint density at radius 1 is 0.833 bits per heavy atom. The van der Waals surface area contributed by atoms with Gasteiger partial charge < -0.3 is 4.74 Å². The van der Waals surface area contributed by atoms with E-state index in [9.17, 15) is 17.6 Å². The average Bonchev–Trinajstić information content (AvgIpc) is 2.85. The quantitative estimate of drug-likeness (QED) is 0.207. The van der Waals surface area contributed by atoms with E-state index in [1.54, 1.807) is 0 Å². The van der Waals surface area contributed by atoms with E-state index < -0.39 is 23.3 Å². The van der Waals surface area contributed by atoms with Crippen LogP contribution < -0.4 is 0 Å². The van der Waals surface area contributed by atoms with E-state index in [1.165, 1.54) is 0 Å². The van der Waals surface area contributed by atoms with Gasteiger partial charge in [-0.3, -0.25) is 0 Å². The van der Waals surface area contributed by atoms with Crippen LogP contribution in [0.2, 0.25) is 0 Å². The molecule has 36 heavy (non-hydrogen) atoms. The number of ether oxygens (including phenoxy) is 1. The molecule has 1 fully saturated rings. The molecule has 0 amide bonds. The number of aryl methyl sites for hydroxylation is 1. The number of hydrogen-bond donors (Lipinski definition) is 0. The van der Waals surface area contributed by atoms with Gasteiger partial charge in [0, 0.05) is 0 Å². The number of rotatable bonds is 12. The summed E-state index contributed by atoms with van der Waals surface area (Å²) in [6.45, 7) is 3.64. The summed E-state index contributed by atoms with van der Waals surface area (Å²) < 4.78 is 63.6. The number of allylic oxidation sites excluding steroid dienone is 4. The van der Waals surface area contributed by atoms with Gasteiger partial charge in [0.1, 0.15) is 17.2 Å². The molecular weight excluding hydrogens is 464 g/mol. The zero-order valence-electron chi connectivity index (χ0n) is 21.4. The fraction of sp³-hybridized carbons (Fsp3) is 0.484. The summed E-state index contributed by atoms with van der Waals surface area (Å²) in [5.41, 5.74) is 1.16. The van der Waals surface area contributed by atoms with Crippen LogP contribution in [-0.2, 0) is 23.7 Å². The Labute approximate surface area is 213 Å². The predicted molar refractivity (Wildman–Crippen MR) is 138 cm³/mol. The number of alkyl halides is 2. The summed E-state index contributed by atoms with van der Waals surface area (Å²) in [6, 6.07) is 9.82. The van der Waals surface area contributed by atoms with Crippen LogP contribution in [0.15, 0.2) is 60.7 Å². The van der Waals surface area contributed by atoms with Crippen LogP contribution in [0, 0.1) is 17.6 Å². The lowest BCUT2D eigenvalue weighted by Gasteiger charge is -2.29. The van der Waals surface area contributed by atoms with Gasteiger partial charge in [0.2, 0.25) is 0 Å².